The summed E-state index contributed by atoms with van der Waals surface area (Å²) in [6.07, 6.45) is 0. The summed E-state index contributed by atoms with van der Waals surface area (Å²) >= 11 is 7.68. The molecule has 1 amide bonds. The molecule has 3 aromatic rings. The summed E-state index contributed by atoms with van der Waals surface area (Å²) in [6.45, 7) is 8.15. The summed E-state index contributed by atoms with van der Waals surface area (Å²) in [7, 11) is 0. The van der Waals surface area contributed by atoms with Gasteiger partial charge in [-0.1, -0.05) is 54.6 Å². The van der Waals surface area contributed by atoms with Gasteiger partial charge in [0, 0.05) is 31.7 Å². The standard InChI is InChI=1S/C23H25ClFN5OS/c1-3-28-12-14-29(15-13-28)22(31)16(2)32-23-27-26-21(17-8-4-5-9-18(17)24)30(23)20-11-7-6-10-19(20)25/h4-11,16H,3,12-15H2,1-2H3. The number of piperazine rings is 1. The van der Waals surface area contributed by atoms with Crippen LogP contribution in [0.15, 0.2) is 53.7 Å². The summed E-state index contributed by atoms with van der Waals surface area (Å²) in [5, 5.41) is 9.18. The van der Waals surface area contributed by atoms with E-state index in [0.717, 1.165) is 19.6 Å². The lowest BCUT2D eigenvalue weighted by Gasteiger charge is -2.35. The predicted octanol–water partition coefficient (Wildman–Crippen LogP) is 4.37. The number of likely N-dealkylation sites (N-methyl/N-ethyl adjacent to an activating group) is 1. The van der Waals surface area contributed by atoms with E-state index in [1.165, 1.54) is 17.8 Å². The third-order valence-corrected chi connectivity index (χ3v) is 6.96. The highest BCUT2D eigenvalue weighted by molar-refractivity contribution is 8.00. The normalized spacial score (nSPS) is 15.7. The molecule has 0 N–H and O–H groups in total. The smallest absolute Gasteiger partial charge is 0.235 e. The lowest BCUT2D eigenvalue weighted by atomic mass is 10.2. The minimum absolute atomic E-state index is 0.0492. The molecule has 1 saturated heterocycles. The lowest BCUT2D eigenvalue weighted by molar-refractivity contribution is -0.132. The first kappa shape index (κ1) is 22.8. The number of nitrogens with zero attached hydrogens (tertiary/aromatic N) is 5. The van der Waals surface area contributed by atoms with E-state index in [9.17, 15) is 9.18 Å². The zero-order valence-corrected chi connectivity index (χ0v) is 19.6. The second kappa shape index (κ2) is 10.0. The van der Waals surface area contributed by atoms with Crippen molar-refractivity contribution in [1.82, 2.24) is 24.6 Å². The largest absolute Gasteiger partial charge is 0.339 e. The molecule has 0 radical (unpaired) electrons. The molecular weight excluding hydrogens is 449 g/mol. The van der Waals surface area contributed by atoms with Crippen molar-refractivity contribution in [3.63, 3.8) is 0 Å². The number of hydrogen-bond acceptors (Lipinski definition) is 5. The average molecular weight is 474 g/mol. The minimum atomic E-state index is -0.405. The average Bonchev–Trinajstić information content (AvgIpc) is 3.22. The molecule has 32 heavy (non-hydrogen) atoms. The third kappa shape index (κ3) is 4.67. The van der Waals surface area contributed by atoms with Gasteiger partial charge in [-0.3, -0.25) is 9.36 Å². The highest BCUT2D eigenvalue weighted by atomic mass is 35.5. The first-order valence-electron chi connectivity index (χ1n) is 10.6. The van der Waals surface area contributed by atoms with Gasteiger partial charge in [0.05, 0.1) is 16.0 Å². The Kier molecular flexibility index (Phi) is 7.13. The third-order valence-electron chi connectivity index (χ3n) is 5.60. The molecule has 4 rings (SSSR count). The number of carbonyl (C=O) groups excluding carboxylic acids is 1. The van der Waals surface area contributed by atoms with E-state index in [2.05, 4.69) is 22.0 Å². The second-order valence-electron chi connectivity index (χ2n) is 7.59. The first-order chi connectivity index (χ1) is 15.5. The van der Waals surface area contributed by atoms with Crippen LogP contribution in [0.1, 0.15) is 13.8 Å². The maximum absolute atomic E-state index is 14.8. The zero-order valence-electron chi connectivity index (χ0n) is 18.0. The van der Waals surface area contributed by atoms with Crippen LogP contribution in [0.3, 0.4) is 0 Å². The van der Waals surface area contributed by atoms with Crippen molar-refractivity contribution in [1.29, 1.82) is 0 Å². The number of thioether (sulfide) groups is 1. The monoisotopic (exact) mass is 473 g/mol. The van der Waals surface area contributed by atoms with Crippen LogP contribution < -0.4 is 0 Å². The fourth-order valence-electron chi connectivity index (χ4n) is 3.76. The molecule has 0 spiro atoms. The van der Waals surface area contributed by atoms with Gasteiger partial charge in [0.1, 0.15) is 5.82 Å². The molecule has 2 heterocycles. The Morgan fingerprint density at radius 1 is 1.09 bits per heavy atom. The van der Waals surface area contributed by atoms with Gasteiger partial charge in [0.15, 0.2) is 11.0 Å². The summed E-state index contributed by atoms with van der Waals surface area (Å²) in [5.74, 6) is 0.0738. The van der Waals surface area contributed by atoms with Gasteiger partial charge in [-0.2, -0.15) is 0 Å². The van der Waals surface area contributed by atoms with Gasteiger partial charge >= 0.3 is 0 Å². The van der Waals surface area contributed by atoms with Crippen molar-refractivity contribution in [3.05, 3.63) is 59.4 Å². The van der Waals surface area contributed by atoms with Gasteiger partial charge in [-0.25, -0.2) is 4.39 Å². The highest BCUT2D eigenvalue weighted by Gasteiger charge is 2.28. The molecule has 0 bridgehead atoms. The molecular formula is C23H25ClFN5OS. The van der Waals surface area contributed by atoms with Crippen molar-refractivity contribution in [3.8, 4) is 17.1 Å². The van der Waals surface area contributed by atoms with Crippen molar-refractivity contribution in [2.24, 2.45) is 0 Å². The zero-order chi connectivity index (χ0) is 22.7. The van der Waals surface area contributed by atoms with Crippen LogP contribution in [0.2, 0.25) is 5.02 Å². The quantitative estimate of drug-likeness (QED) is 0.497. The van der Waals surface area contributed by atoms with Crippen molar-refractivity contribution < 1.29 is 9.18 Å². The van der Waals surface area contributed by atoms with E-state index in [0.29, 0.717) is 40.3 Å². The van der Waals surface area contributed by atoms with E-state index < -0.39 is 11.1 Å². The van der Waals surface area contributed by atoms with Gasteiger partial charge < -0.3 is 9.80 Å². The Morgan fingerprint density at radius 3 is 2.47 bits per heavy atom. The molecule has 9 heteroatoms. The van der Waals surface area contributed by atoms with Crippen LogP contribution in [0.25, 0.3) is 17.1 Å². The second-order valence-corrected chi connectivity index (χ2v) is 9.31. The minimum Gasteiger partial charge on any atom is -0.339 e. The number of hydrogen-bond donors (Lipinski definition) is 0. The number of para-hydroxylation sites is 1. The molecule has 1 aliphatic rings. The van der Waals surface area contributed by atoms with E-state index >= 15 is 0 Å². The Labute approximate surface area is 196 Å². The molecule has 0 saturated carbocycles. The molecule has 1 aliphatic heterocycles. The summed E-state index contributed by atoms with van der Waals surface area (Å²) in [5.41, 5.74) is 0.956. The van der Waals surface area contributed by atoms with Crippen molar-refractivity contribution in [2.45, 2.75) is 24.3 Å². The number of benzene rings is 2. The van der Waals surface area contributed by atoms with Crippen LogP contribution in [-0.2, 0) is 4.79 Å². The van der Waals surface area contributed by atoms with Gasteiger partial charge in [-0.15, -0.1) is 10.2 Å². The molecule has 2 aromatic carbocycles. The SMILES string of the molecule is CCN1CCN(C(=O)C(C)Sc2nnc(-c3ccccc3Cl)n2-c2ccccc2F)CC1. The molecule has 6 nitrogen and oxygen atoms in total. The van der Waals surface area contributed by atoms with E-state index in [-0.39, 0.29) is 5.91 Å². The topological polar surface area (TPSA) is 54.3 Å². The van der Waals surface area contributed by atoms with Gasteiger partial charge in [-0.05, 0) is 37.7 Å². The molecule has 168 valence electrons. The number of aromatic nitrogens is 3. The van der Waals surface area contributed by atoms with Crippen LogP contribution >= 0.6 is 23.4 Å². The number of carbonyl (C=O) groups is 1. The molecule has 0 aliphatic carbocycles. The maximum Gasteiger partial charge on any atom is 0.235 e. The number of rotatable bonds is 6. The maximum atomic E-state index is 14.8. The highest BCUT2D eigenvalue weighted by Crippen LogP contribution is 2.34. The summed E-state index contributed by atoms with van der Waals surface area (Å²) in [6, 6.07) is 13.7. The molecule has 1 fully saturated rings. The summed E-state index contributed by atoms with van der Waals surface area (Å²) in [4.78, 5) is 17.3. The fourth-order valence-corrected chi connectivity index (χ4v) is 4.93. The Balaban J connectivity index is 1.65. The predicted molar refractivity (Wildman–Crippen MR) is 126 cm³/mol. The Hall–Kier alpha value is -2.42. The van der Waals surface area contributed by atoms with E-state index in [4.69, 9.17) is 11.6 Å². The number of amides is 1. The van der Waals surface area contributed by atoms with Crippen molar-refractivity contribution in [2.75, 3.05) is 32.7 Å². The molecule has 1 unspecified atom stereocenters. The van der Waals surface area contributed by atoms with Crippen LogP contribution in [-0.4, -0.2) is 68.4 Å². The Bertz CT molecular complexity index is 1100. The van der Waals surface area contributed by atoms with E-state index in [1.54, 1.807) is 28.8 Å². The number of halogens is 2. The molecule has 1 aromatic heterocycles. The van der Waals surface area contributed by atoms with Crippen LogP contribution in [0.4, 0.5) is 4.39 Å². The lowest BCUT2D eigenvalue weighted by Crippen LogP contribution is -2.50. The fraction of sp³-hybridized carbons (Fsp3) is 0.348. The van der Waals surface area contributed by atoms with E-state index in [1.807, 2.05) is 30.0 Å². The van der Waals surface area contributed by atoms with Gasteiger partial charge in [0.25, 0.3) is 0 Å². The van der Waals surface area contributed by atoms with Crippen LogP contribution in [0, 0.1) is 5.82 Å². The first-order valence-corrected chi connectivity index (χ1v) is 11.9. The van der Waals surface area contributed by atoms with Crippen molar-refractivity contribution >= 4 is 29.3 Å². The van der Waals surface area contributed by atoms with Crippen LogP contribution in [0.5, 0.6) is 0 Å². The summed E-state index contributed by atoms with van der Waals surface area (Å²) < 4.78 is 16.4. The Morgan fingerprint density at radius 2 is 1.78 bits per heavy atom. The van der Waals surface area contributed by atoms with Gasteiger partial charge in [0.2, 0.25) is 5.91 Å². The molecule has 1 atom stereocenters.